The van der Waals surface area contributed by atoms with Gasteiger partial charge in [-0.15, -0.1) is 0 Å². The molecular weight excluding hydrogens is 332 g/mol. The van der Waals surface area contributed by atoms with Gasteiger partial charge in [0.25, 0.3) is 5.91 Å². The van der Waals surface area contributed by atoms with Gasteiger partial charge in [-0.3, -0.25) is 9.59 Å². The Balaban J connectivity index is 1.41. The standard InChI is InChI=1S/C20H26N2O4/c23-19(21-12-14-6-9-25-10-7-14)16-13-22(17-8-11-26-18(16)17)20(24)15-4-2-1-3-5-15/h1-5,14,16-18H,6-13H2,(H,21,23)/t16-,17-,18-/m1/s1. The molecule has 140 valence electrons. The second kappa shape index (κ2) is 7.76. The third kappa shape index (κ3) is 3.48. The smallest absolute Gasteiger partial charge is 0.254 e. The molecule has 2 amide bonds. The predicted molar refractivity (Wildman–Crippen MR) is 95.7 cm³/mol. The van der Waals surface area contributed by atoms with E-state index in [0.717, 1.165) is 32.5 Å². The van der Waals surface area contributed by atoms with E-state index in [1.165, 1.54) is 0 Å². The van der Waals surface area contributed by atoms with Crippen molar-refractivity contribution in [1.29, 1.82) is 0 Å². The third-order valence-electron chi connectivity index (χ3n) is 5.82. The first-order chi connectivity index (χ1) is 12.7. The zero-order valence-corrected chi connectivity index (χ0v) is 14.9. The van der Waals surface area contributed by atoms with Gasteiger partial charge in [0.15, 0.2) is 0 Å². The normalized spacial score (nSPS) is 28.8. The molecule has 3 fully saturated rings. The molecule has 0 radical (unpaired) electrons. The van der Waals surface area contributed by atoms with Gasteiger partial charge in [-0.05, 0) is 37.3 Å². The van der Waals surface area contributed by atoms with E-state index in [4.69, 9.17) is 9.47 Å². The summed E-state index contributed by atoms with van der Waals surface area (Å²) >= 11 is 0. The molecule has 4 rings (SSSR count). The average molecular weight is 358 g/mol. The van der Waals surface area contributed by atoms with Crippen LogP contribution in [0.5, 0.6) is 0 Å². The molecule has 3 heterocycles. The Morgan fingerprint density at radius 3 is 2.62 bits per heavy atom. The molecule has 26 heavy (non-hydrogen) atoms. The van der Waals surface area contributed by atoms with Gasteiger partial charge in [0.2, 0.25) is 5.91 Å². The van der Waals surface area contributed by atoms with Crippen LogP contribution < -0.4 is 5.32 Å². The van der Waals surface area contributed by atoms with E-state index in [9.17, 15) is 9.59 Å². The van der Waals surface area contributed by atoms with Gasteiger partial charge in [0.05, 0.1) is 18.1 Å². The van der Waals surface area contributed by atoms with Gasteiger partial charge in [-0.2, -0.15) is 0 Å². The second-order valence-corrected chi connectivity index (χ2v) is 7.42. The topological polar surface area (TPSA) is 67.9 Å². The second-order valence-electron chi connectivity index (χ2n) is 7.42. The number of nitrogens with one attached hydrogen (secondary N) is 1. The molecule has 1 aromatic carbocycles. The molecule has 3 aliphatic heterocycles. The molecule has 6 heteroatoms. The molecule has 3 aliphatic rings. The van der Waals surface area contributed by atoms with E-state index in [2.05, 4.69) is 5.32 Å². The van der Waals surface area contributed by atoms with Crippen molar-refractivity contribution in [2.75, 3.05) is 32.9 Å². The Kier molecular flexibility index (Phi) is 5.22. The van der Waals surface area contributed by atoms with E-state index >= 15 is 0 Å². The summed E-state index contributed by atoms with van der Waals surface area (Å²) in [5.74, 6) is 0.203. The van der Waals surface area contributed by atoms with E-state index in [0.29, 0.717) is 31.2 Å². The van der Waals surface area contributed by atoms with Crippen LogP contribution in [0.25, 0.3) is 0 Å². The van der Waals surface area contributed by atoms with Gasteiger partial charge in [0, 0.05) is 38.5 Å². The maximum Gasteiger partial charge on any atom is 0.254 e. The summed E-state index contributed by atoms with van der Waals surface area (Å²) in [7, 11) is 0. The van der Waals surface area contributed by atoms with Crippen LogP contribution in [0.3, 0.4) is 0 Å². The van der Waals surface area contributed by atoms with Gasteiger partial charge in [-0.1, -0.05) is 18.2 Å². The number of hydrogen-bond acceptors (Lipinski definition) is 4. The summed E-state index contributed by atoms with van der Waals surface area (Å²) < 4.78 is 11.2. The zero-order chi connectivity index (χ0) is 17.9. The predicted octanol–water partition coefficient (Wildman–Crippen LogP) is 1.46. The number of fused-ring (bicyclic) bond motifs is 1. The quantitative estimate of drug-likeness (QED) is 0.885. The van der Waals surface area contributed by atoms with Crippen molar-refractivity contribution >= 4 is 11.8 Å². The van der Waals surface area contributed by atoms with Gasteiger partial charge in [0.1, 0.15) is 0 Å². The molecule has 0 bridgehead atoms. The van der Waals surface area contributed by atoms with Crippen LogP contribution in [0.15, 0.2) is 30.3 Å². The molecule has 6 nitrogen and oxygen atoms in total. The van der Waals surface area contributed by atoms with E-state index < -0.39 is 0 Å². The van der Waals surface area contributed by atoms with Crippen LogP contribution in [0.4, 0.5) is 0 Å². The lowest BCUT2D eigenvalue weighted by Gasteiger charge is -2.23. The largest absolute Gasteiger partial charge is 0.381 e. The van der Waals surface area contributed by atoms with Crippen LogP contribution in [-0.4, -0.2) is 61.8 Å². The maximum atomic E-state index is 12.9. The first kappa shape index (κ1) is 17.5. The number of amides is 2. The van der Waals surface area contributed by atoms with Crippen molar-refractivity contribution in [2.24, 2.45) is 11.8 Å². The Morgan fingerprint density at radius 1 is 1.08 bits per heavy atom. The molecule has 3 atom stereocenters. The summed E-state index contributed by atoms with van der Waals surface area (Å²) in [6, 6.07) is 9.28. The number of rotatable bonds is 4. The molecular formula is C20H26N2O4. The van der Waals surface area contributed by atoms with E-state index in [1.807, 2.05) is 35.2 Å². The highest BCUT2D eigenvalue weighted by Crippen LogP contribution is 2.34. The lowest BCUT2D eigenvalue weighted by atomic mass is 9.98. The molecule has 1 aromatic rings. The van der Waals surface area contributed by atoms with Crippen LogP contribution in [0.2, 0.25) is 0 Å². The third-order valence-corrected chi connectivity index (χ3v) is 5.82. The van der Waals surface area contributed by atoms with E-state index in [-0.39, 0.29) is 29.9 Å². The average Bonchev–Trinajstić information content (AvgIpc) is 3.30. The first-order valence-electron chi connectivity index (χ1n) is 9.57. The minimum absolute atomic E-state index is 0.00142. The SMILES string of the molecule is O=C(NCC1CCOCC1)[C@@H]1CN(C(=O)c2ccccc2)[C@@H]2CCO[C@@H]21. The minimum atomic E-state index is -0.282. The van der Waals surface area contributed by atoms with Crippen molar-refractivity contribution < 1.29 is 19.1 Å². The highest BCUT2D eigenvalue weighted by Gasteiger charge is 2.50. The summed E-state index contributed by atoms with van der Waals surface area (Å²) in [6.45, 7) is 3.28. The Bertz CT molecular complexity index is 644. The molecule has 0 saturated carbocycles. The van der Waals surface area contributed by atoms with Crippen molar-refractivity contribution in [3.63, 3.8) is 0 Å². The van der Waals surface area contributed by atoms with Crippen LogP contribution in [0, 0.1) is 11.8 Å². The monoisotopic (exact) mass is 358 g/mol. The fourth-order valence-corrected chi connectivity index (χ4v) is 4.31. The number of hydrogen-bond donors (Lipinski definition) is 1. The first-order valence-corrected chi connectivity index (χ1v) is 9.57. The number of nitrogens with zero attached hydrogens (tertiary/aromatic N) is 1. The number of likely N-dealkylation sites (tertiary alicyclic amines) is 1. The zero-order valence-electron chi connectivity index (χ0n) is 14.9. The molecule has 3 saturated heterocycles. The van der Waals surface area contributed by atoms with Crippen molar-refractivity contribution in [2.45, 2.75) is 31.4 Å². The lowest BCUT2D eigenvalue weighted by molar-refractivity contribution is -0.128. The summed E-state index contributed by atoms with van der Waals surface area (Å²) in [4.78, 5) is 27.5. The number of carbonyl (C=O) groups excluding carboxylic acids is 2. The molecule has 0 spiro atoms. The maximum absolute atomic E-state index is 12.9. The highest BCUT2D eigenvalue weighted by molar-refractivity contribution is 5.95. The Morgan fingerprint density at radius 2 is 1.85 bits per heavy atom. The molecule has 1 N–H and O–H groups in total. The van der Waals surface area contributed by atoms with Crippen LogP contribution >= 0.6 is 0 Å². The van der Waals surface area contributed by atoms with E-state index in [1.54, 1.807) is 0 Å². The van der Waals surface area contributed by atoms with Crippen LogP contribution in [-0.2, 0) is 14.3 Å². The summed E-state index contributed by atoms with van der Waals surface area (Å²) in [5.41, 5.74) is 0.668. The molecule has 0 aromatic heterocycles. The van der Waals surface area contributed by atoms with Crippen molar-refractivity contribution in [3.05, 3.63) is 35.9 Å². The molecule has 0 unspecified atom stereocenters. The number of carbonyl (C=O) groups is 2. The van der Waals surface area contributed by atoms with Gasteiger partial charge < -0.3 is 19.7 Å². The van der Waals surface area contributed by atoms with Gasteiger partial charge >= 0.3 is 0 Å². The number of ether oxygens (including phenoxy) is 2. The lowest BCUT2D eigenvalue weighted by Crippen LogP contribution is -2.40. The Labute approximate surface area is 153 Å². The fraction of sp³-hybridized carbons (Fsp3) is 0.600. The molecule has 0 aliphatic carbocycles. The van der Waals surface area contributed by atoms with Crippen LogP contribution in [0.1, 0.15) is 29.6 Å². The Hall–Kier alpha value is -1.92. The van der Waals surface area contributed by atoms with Crippen molar-refractivity contribution in [1.82, 2.24) is 10.2 Å². The fourth-order valence-electron chi connectivity index (χ4n) is 4.31. The van der Waals surface area contributed by atoms with Gasteiger partial charge in [-0.25, -0.2) is 0 Å². The number of benzene rings is 1. The highest BCUT2D eigenvalue weighted by atomic mass is 16.5. The minimum Gasteiger partial charge on any atom is -0.381 e. The summed E-state index contributed by atoms with van der Waals surface area (Å²) in [6.07, 6.45) is 2.60. The van der Waals surface area contributed by atoms with Crippen molar-refractivity contribution in [3.8, 4) is 0 Å². The summed E-state index contributed by atoms with van der Waals surface area (Å²) in [5, 5.41) is 3.09.